The third-order valence-corrected chi connectivity index (χ3v) is 6.03. The summed E-state index contributed by atoms with van der Waals surface area (Å²) in [4.78, 5) is 2.20. The fourth-order valence-corrected chi connectivity index (χ4v) is 4.53. The summed E-state index contributed by atoms with van der Waals surface area (Å²) in [5, 5.41) is 0.548. The fourth-order valence-electron chi connectivity index (χ4n) is 2.13. The molecule has 4 nitrogen and oxygen atoms in total. The highest BCUT2D eigenvalue weighted by molar-refractivity contribution is 7.89. The molecule has 0 aromatic heterocycles. The van der Waals surface area contributed by atoms with Crippen molar-refractivity contribution in [3.8, 4) is 0 Å². The van der Waals surface area contributed by atoms with Gasteiger partial charge in [-0.1, -0.05) is 23.2 Å². The third kappa shape index (κ3) is 3.59. The number of benzene rings is 1. The van der Waals surface area contributed by atoms with E-state index in [0.717, 1.165) is 6.54 Å². The van der Waals surface area contributed by atoms with E-state index in [1.54, 1.807) is 6.07 Å². The average molecular weight is 358 g/mol. The second-order valence-corrected chi connectivity index (χ2v) is 7.64. The van der Waals surface area contributed by atoms with Crippen LogP contribution in [-0.2, 0) is 10.0 Å². The van der Waals surface area contributed by atoms with Gasteiger partial charge in [0.1, 0.15) is 4.90 Å². The van der Waals surface area contributed by atoms with E-state index >= 15 is 0 Å². The van der Waals surface area contributed by atoms with Gasteiger partial charge in [0.15, 0.2) is 0 Å². The molecule has 0 atom stereocenters. The van der Waals surface area contributed by atoms with Crippen molar-refractivity contribution in [2.45, 2.75) is 4.90 Å². The average Bonchev–Trinajstić information content (AvgIpc) is 2.42. The van der Waals surface area contributed by atoms with Crippen LogP contribution in [0.2, 0.25) is 10.0 Å². The van der Waals surface area contributed by atoms with Gasteiger partial charge in [-0.3, -0.25) is 4.90 Å². The highest BCUT2D eigenvalue weighted by Crippen LogP contribution is 2.28. The van der Waals surface area contributed by atoms with Crippen molar-refractivity contribution < 1.29 is 8.42 Å². The highest BCUT2D eigenvalue weighted by Gasteiger charge is 2.30. The first-order valence-corrected chi connectivity index (χ1v) is 8.91. The third-order valence-electron chi connectivity index (χ3n) is 3.24. The van der Waals surface area contributed by atoms with Gasteiger partial charge in [0, 0.05) is 43.6 Å². The van der Waals surface area contributed by atoms with E-state index < -0.39 is 10.0 Å². The summed E-state index contributed by atoms with van der Waals surface area (Å²) in [7, 11) is -3.60. The Morgan fingerprint density at radius 3 is 2.35 bits per heavy atom. The molecule has 1 aromatic carbocycles. The SMILES string of the molecule is O=S(=O)(c1cc(Cl)ccc1Cl)N1CCN(CCCl)CC1. The normalized spacial score (nSPS) is 18.4. The molecule has 0 spiro atoms. The van der Waals surface area contributed by atoms with E-state index in [9.17, 15) is 8.42 Å². The minimum Gasteiger partial charge on any atom is -0.300 e. The van der Waals surface area contributed by atoms with Crippen LogP contribution in [0.15, 0.2) is 23.1 Å². The fraction of sp³-hybridized carbons (Fsp3) is 0.500. The van der Waals surface area contributed by atoms with Gasteiger partial charge in [-0.05, 0) is 18.2 Å². The molecule has 0 aliphatic carbocycles. The zero-order valence-electron chi connectivity index (χ0n) is 10.7. The van der Waals surface area contributed by atoms with Crippen LogP contribution in [0.4, 0.5) is 0 Å². The highest BCUT2D eigenvalue weighted by atomic mass is 35.5. The van der Waals surface area contributed by atoms with Crippen molar-refractivity contribution in [1.29, 1.82) is 0 Å². The van der Waals surface area contributed by atoms with Crippen molar-refractivity contribution in [3.63, 3.8) is 0 Å². The molecule has 8 heteroatoms. The van der Waals surface area contributed by atoms with Crippen molar-refractivity contribution in [2.75, 3.05) is 38.6 Å². The summed E-state index contributed by atoms with van der Waals surface area (Å²) in [6, 6.07) is 4.46. The minimum atomic E-state index is -3.60. The smallest absolute Gasteiger partial charge is 0.244 e. The van der Waals surface area contributed by atoms with Crippen molar-refractivity contribution >= 4 is 44.8 Å². The van der Waals surface area contributed by atoms with Crippen molar-refractivity contribution in [2.24, 2.45) is 0 Å². The largest absolute Gasteiger partial charge is 0.300 e. The van der Waals surface area contributed by atoms with Crippen LogP contribution < -0.4 is 0 Å². The number of nitrogens with zero attached hydrogens (tertiary/aromatic N) is 2. The number of alkyl halides is 1. The summed E-state index contributed by atoms with van der Waals surface area (Å²) < 4.78 is 26.6. The molecule has 0 saturated carbocycles. The number of sulfonamides is 1. The van der Waals surface area contributed by atoms with Gasteiger partial charge in [0.25, 0.3) is 0 Å². The Balaban J connectivity index is 2.18. The monoisotopic (exact) mass is 356 g/mol. The molecular formula is C12H15Cl3N2O2S. The lowest BCUT2D eigenvalue weighted by molar-refractivity contribution is 0.197. The molecule has 20 heavy (non-hydrogen) atoms. The molecule has 0 bridgehead atoms. The first kappa shape index (κ1) is 16.3. The van der Waals surface area contributed by atoms with E-state index in [1.807, 2.05) is 0 Å². The van der Waals surface area contributed by atoms with Gasteiger partial charge in [0.05, 0.1) is 5.02 Å². The number of halogens is 3. The Morgan fingerprint density at radius 1 is 1.10 bits per heavy atom. The summed E-state index contributed by atoms with van der Waals surface area (Å²) in [6.45, 7) is 2.98. The van der Waals surface area contributed by atoms with Crippen LogP contribution in [0, 0.1) is 0 Å². The molecule has 112 valence electrons. The van der Waals surface area contributed by atoms with Gasteiger partial charge >= 0.3 is 0 Å². The summed E-state index contributed by atoms with van der Waals surface area (Å²) in [5.41, 5.74) is 0. The number of piperazine rings is 1. The standard InChI is InChI=1S/C12H15Cl3N2O2S/c13-3-4-16-5-7-17(8-6-16)20(18,19)12-9-10(14)1-2-11(12)15/h1-2,9H,3-8H2. The molecule has 0 unspecified atom stereocenters. The van der Waals surface area contributed by atoms with E-state index in [2.05, 4.69) is 4.90 Å². The molecule has 1 fully saturated rings. The van der Waals surface area contributed by atoms with Crippen LogP contribution in [0.5, 0.6) is 0 Å². The molecule has 0 amide bonds. The lowest BCUT2D eigenvalue weighted by Gasteiger charge is -2.33. The van der Waals surface area contributed by atoms with Crippen LogP contribution >= 0.6 is 34.8 Å². The topological polar surface area (TPSA) is 40.6 Å². The van der Waals surface area contributed by atoms with Crippen LogP contribution in [0.25, 0.3) is 0 Å². The molecular weight excluding hydrogens is 343 g/mol. The predicted octanol–water partition coefficient (Wildman–Crippen LogP) is 2.54. The molecule has 1 heterocycles. The summed E-state index contributed by atoms with van der Waals surface area (Å²) in [6.07, 6.45) is 0. The van der Waals surface area contributed by atoms with Gasteiger partial charge in [-0.15, -0.1) is 11.6 Å². The van der Waals surface area contributed by atoms with E-state index in [-0.39, 0.29) is 9.92 Å². The first-order chi connectivity index (χ1) is 9.45. The lowest BCUT2D eigenvalue weighted by Crippen LogP contribution is -2.49. The summed E-state index contributed by atoms with van der Waals surface area (Å²) >= 11 is 17.5. The maximum atomic E-state index is 12.6. The molecule has 1 aliphatic heterocycles. The second-order valence-electron chi connectivity index (χ2n) is 4.51. The number of hydrogen-bond donors (Lipinski definition) is 0. The van der Waals surface area contributed by atoms with Gasteiger partial charge in [-0.2, -0.15) is 4.31 Å². The van der Waals surface area contributed by atoms with Crippen molar-refractivity contribution in [3.05, 3.63) is 28.2 Å². The Bertz CT molecular complexity index is 572. The molecule has 1 saturated heterocycles. The van der Waals surface area contributed by atoms with Gasteiger partial charge in [-0.25, -0.2) is 8.42 Å². The zero-order chi connectivity index (χ0) is 14.8. The maximum absolute atomic E-state index is 12.6. The molecule has 2 rings (SSSR count). The summed E-state index contributed by atoms with van der Waals surface area (Å²) in [5.74, 6) is 0.548. The zero-order valence-corrected chi connectivity index (χ0v) is 13.8. The number of rotatable bonds is 4. The van der Waals surface area contributed by atoms with Gasteiger partial charge in [0.2, 0.25) is 10.0 Å². The van der Waals surface area contributed by atoms with Crippen LogP contribution in [0.1, 0.15) is 0 Å². The van der Waals surface area contributed by atoms with Crippen molar-refractivity contribution in [1.82, 2.24) is 9.21 Å². The maximum Gasteiger partial charge on any atom is 0.244 e. The molecule has 0 N–H and O–H groups in total. The lowest BCUT2D eigenvalue weighted by atomic mass is 10.4. The van der Waals surface area contributed by atoms with Crippen LogP contribution in [0.3, 0.4) is 0 Å². The Labute approximate surface area is 134 Å². The van der Waals surface area contributed by atoms with Crippen LogP contribution in [-0.4, -0.2) is 56.2 Å². The Kier molecular flexibility index (Phi) is 5.56. The molecule has 1 aliphatic rings. The molecule has 0 radical (unpaired) electrons. The second kappa shape index (κ2) is 6.81. The molecule has 1 aromatic rings. The predicted molar refractivity (Wildman–Crippen MR) is 82.4 cm³/mol. The Morgan fingerprint density at radius 2 is 1.75 bits per heavy atom. The first-order valence-electron chi connectivity index (χ1n) is 6.18. The van der Waals surface area contributed by atoms with E-state index in [0.29, 0.717) is 37.1 Å². The van der Waals surface area contributed by atoms with Gasteiger partial charge < -0.3 is 0 Å². The minimum absolute atomic E-state index is 0.0671. The Hall–Kier alpha value is -0.0400. The van der Waals surface area contributed by atoms with E-state index in [1.165, 1.54) is 16.4 Å². The number of hydrogen-bond acceptors (Lipinski definition) is 3. The quantitative estimate of drug-likeness (QED) is 0.778. The van der Waals surface area contributed by atoms with E-state index in [4.69, 9.17) is 34.8 Å².